The predicted molar refractivity (Wildman–Crippen MR) is 90.9 cm³/mol. The lowest BCUT2D eigenvalue weighted by Crippen LogP contribution is -2.25. The van der Waals surface area contributed by atoms with Crippen LogP contribution in [0, 0.1) is 12.7 Å². The minimum Gasteiger partial charge on any atom is -0.267 e. The third-order valence-corrected chi connectivity index (χ3v) is 4.34. The largest absolute Gasteiger partial charge is 0.273 e. The Morgan fingerprint density at radius 3 is 2.58 bits per heavy atom. The van der Waals surface area contributed by atoms with Gasteiger partial charge in [0.25, 0.3) is 5.91 Å². The number of hydrogen-bond acceptors (Lipinski definition) is 4. The highest BCUT2D eigenvalue weighted by Crippen LogP contribution is 2.21. The lowest BCUT2D eigenvalue weighted by Gasteiger charge is -2.10. The maximum absolute atomic E-state index is 13.7. The van der Waals surface area contributed by atoms with Gasteiger partial charge in [-0.1, -0.05) is 54.2 Å². The van der Waals surface area contributed by atoms with E-state index in [4.69, 9.17) is 0 Å². The first-order chi connectivity index (χ1) is 11.6. The molecule has 0 aliphatic rings. The van der Waals surface area contributed by atoms with Crippen molar-refractivity contribution in [2.24, 2.45) is 0 Å². The number of rotatable bonds is 5. The average Bonchev–Trinajstić information content (AvgIpc) is 2.94. The fourth-order valence-corrected chi connectivity index (χ4v) is 2.99. The second-order valence-corrected chi connectivity index (χ2v) is 6.00. The molecule has 0 unspecified atom stereocenters. The van der Waals surface area contributed by atoms with E-state index < -0.39 is 11.7 Å². The van der Waals surface area contributed by atoms with Gasteiger partial charge in [-0.3, -0.25) is 10.2 Å². The molecule has 24 heavy (non-hydrogen) atoms. The molecule has 7 heteroatoms. The van der Waals surface area contributed by atoms with Crippen molar-refractivity contribution in [3.05, 3.63) is 77.4 Å². The summed E-state index contributed by atoms with van der Waals surface area (Å²) in [5.74, 6) is 0.0983. The predicted octanol–water partition coefficient (Wildman–Crippen LogP) is 3.40. The van der Waals surface area contributed by atoms with E-state index in [1.807, 2.05) is 30.3 Å². The molecule has 1 aromatic heterocycles. The van der Waals surface area contributed by atoms with E-state index in [-0.39, 0.29) is 5.56 Å². The van der Waals surface area contributed by atoms with Gasteiger partial charge in [0.2, 0.25) is 5.16 Å². The number of amides is 1. The quantitative estimate of drug-likeness (QED) is 0.722. The maximum Gasteiger partial charge on any atom is 0.273 e. The summed E-state index contributed by atoms with van der Waals surface area (Å²) in [7, 11) is 0. The molecule has 0 radical (unpaired) electrons. The number of aromatic nitrogens is 3. The van der Waals surface area contributed by atoms with Gasteiger partial charge >= 0.3 is 0 Å². The summed E-state index contributed by atoms with van der Waals surface area (Å²) in [5.41, 5.74) is 3.75. The topological polar surface area (TPSA) is 59.8 Å². The Labute approximate surface area is 142 Å². The Kier molecular flexibility index (Phi) is 4.90. The first kappa shape index (κ1) is 16.2. The number of thioether (sulfide) groups is 1. The molecular weight excluding hydrogens is 327 g/mol. The Morgan fingerprint density at radius 2 is 1.83 bits per heavy atom. The number of aryl methyl sites for hydroxylation is 1. The van der Waals surface area contributed by atoms with Crippen molar-refractivity contribution in [3.63, 3.8) is 0 Å². The first-order valence-corrected chi connectivity index (χ1v) is 8.28. The van der Waals surface area contributed by atoms with Crippen molar-refractivity contribution in [2.45, 2.75) is 17.8 Å². The molecule has 0 saturated heterocycles. The van der Waals surface area contributed by atoms with Crippen LogP contribution in [-0.4, -0.2) is 20.8 Å². The molecule has 3 aromatic rings. The van der Waals surface area contributed by atoms with Crippen LogP contribution < -0.4 is 5.43 Å². The Balaban J connectivity index is 1.75. The van der Waals surface area contributed by atoms with Crippen LogP contribution in [0.3, 0.4) is 0 Å². The third-order valence-electron chi connectivity index (χ3n) is 3.34. The number of carbonyl (C=O) groups excluding carboxylic acids is 1. The van der Waals surface area contributed by atoms with Crippen LogP contribution in [0.4, 0.5) is 4.39 Å². The van der Waals surface area contributed by atoms with Crippen molar-refractivity contribution < 1.29 is 9.18 Å². The van der Waals surface area contributed by atoms with Gasteiger partial charge in [-0.05, 0) is 24.6 Å². The molecule has 0 bridgehead atoms. The Hall–Kier alpha value is -2.67. The standard InChI is InChI=1S/C17H15FN4OS/c1-12-19-20-17(24-11-13-7-3-2-4-8-13)22(12)21-16(23)14-9-5-6-10-15(14)18/h2-10H,11H2,1H3,(H,21,23). The molecule has 0 aliphatic heterocycles. The SMILES string of the molecule is Cc1nnc(SCc2ccccc2)n1NC(=O)c1ccccc1F. The zero-order valence-corrected chi connectivity index (χ0v) is 13.8. The molecule has 0 aliphatic carbocycles. The minimum atomic E-state index is -0.570. The van der Waals surface area contributed by atoms with Crippen LogP contribution in [0.1, 0.15) is 21.7 Å². The molecule has 0 atom stereocenters. The van der Waals surface area contributed by atoms with Crippen molar-refractivity contribution in [1.82, 2.24) is 14.9 Å². The van der Waals surface area contributed by atoms with E-state index in [2.05, 4.69) is 15.6 Å². The Morgan fingerprint density at radius 1 is 1.12 bits per heavy atom. The molecule has 122 valence electrons. The molecular formula is C17H15FN4OS. The van der Waals surface area contributed by atoms with Crippen molar-refractivity contribution in [2.75, 3.05) is 5.43 Å². The monoisotopic (exact) mass is 342 g/mol. The van der Waals surface area contributed by atoms with Crippen molar-refractivity contribution in [1.29, 1.82) is 0 Å². The molecule has 0 fully saturated rings. The average molecular weight is 342 g/mol. The minimum absolute atomic E-state index is 0.0235. The van der Waals surface area contributed by atoms with E-state index in [1.165, 1.54) is 34.6 Å². The van der Waals surface area contributed by atoms with Crippen LogP contribution in [0.5, 0.6) is 0 Å². The van der Waals surface area contributed by atoms with E-state index >= 15 is 0 Å². The van der Waals surface area contributed by atoms with E-state index in [9.17, 15) is 9.18 Å². The van der Waals surface area contributed by atoms with E-state index in [0.717, 1.165) is 5.56 Å². The first-order valence-electron chi connectivity index (χ1n) is 7.30. The highest BCUT2D eigenvalue weighted by Gasteiger charge is 2.16. The van der Waals surface area contributed by atoms with Gasteiger partial charge in [-0.15, -0.1) is 10.2 Å². The van der Waals surface area contributed by atoms with E-state index in [1.54, 1.807) is 13.0 Å². The Bertz CT molecular complexity index is 851. The van der Waals surface area contributed by atoms with Crippen LogP contribution in [0.25, 0.3) is 0 Å². The fraction of sp³-hybridized carbons (Fsp3) is 0.118. The zero-order chi connectivity index (χ0) is 16.9. The third kappa shape index (κ3) is 3.62. The lowest BCUT2D eigenvalue weighted by atomic mass is 10.2. The van der Waals surface area contributed by atoms with Gasteiger partial charge in [0, 0.05) is 5.75 Å². The van der Waals surface area contributed by atoms with Crippen LogP contribution in [0.15, 0.2) is 59.8 Å². The highest BCUT2D eigenvalue weighted by molar-refractivity contribution is 7.98. The summed E-state index contributed by atoms with van der Waals surface area (Å²) in [6.45, 7) is 1.72. The summed E-state index contributed by atoms with van der Waals surface area (Å²) < 4.78 is 15.2. The van der Waals surface area contributed by atoms with Crippen LogP contribution in [-0.2, 0) is 5.75 Å². The van der Waals surface area contributed by atoms with Crippen molar-refractivity contribution >= 4 is 17.7 Å². The van der Waals surface area contributed by atoms with E-state index in [0.29, 0.717) is 16.7 Å². The summed E-state index contributed by atoms with van der Waals surface area (Å²) in [5, 5.41) is 8.59. The summed E-state index contributed by atoms with van der Waals surface area (Å²) in [6, 6.07) is 15.7. The highest BCUT2D eigenvalue weighted by atomic mass is 32.2. The molecule has 1 N–H and O–H groups in total. The van der Waals surface area contributed by atoms with Gasteiger partial charge in [-0.25, -0.2) is 9.07 Å². The van der Waals surface area contributed by atoms with Crippen LogP contribution >= 0.6 is 11.8 Å². The van der Waals surface area contributed by atoms with Gasteiger partial charge < -0.3 is 0 Å². The number of halogens is 1. The summed E-state index contributed by atoms with van der Waals surface area (Å²) in [6.07, 6.45) is 0. The number of hydrogen-bond donors (Lipinski definition) is 1. The maximum atomic E-state index is 13.7. The second-order valence-electron chi connectivity index (χ2n) is 5.06. The van der Waals surface area contributed by atoms with Gasteiger partial charge in [-0.2, -0.15) is 0 Å². The fourth-order valence-electron chi connectivity index (χ4n) is 2.09. The normalized spacial score (nSPS) is 10.6. The van der Waals surface area contributed by atoms with Crippen molar-refractivity contribution in [3.8, 4) is 0 Å². The number of benzene rings is 2. The molecule has 0 saturated carbocycles. The summed E-state index contributed by atoms with van der Waals surface area (Å²) in [4.78, 5) is 12.3. The second kappa shape index (κ2) is 7.27. The number of carbonyl (C=O) groups is 1. The van der Waals surface area contributed by atoms with Gasteiger partial charge in [0.15, 0.2) is 0 Å². The number of nitrogens with zero attached hydrogens (tertiary/aromatic N) is 3. The zero-order valence-electron chi connectivity index (χ0n) is 12.9. The molecule has 2 aromatic carbocycles. The van der Waals surface area contributed by atoms with Gasteiger partial charge in [0.1, 0.15) is 11.6 Å². The lowest BCUT2D eigenvalue weighted by molar-refractivity contribution is 0.100. The van der Waals surface area contributed by atoms with Crippen LogP contribution in [0.2, 0.25) is 0 Å². The molecule has 0 spiro atoms. The molecule has 5 nitrogen and oxygen atoms in total. The molecule has 1 amide bonds. The molecule has 1 heterocycles. The summed E-state index contributed by atoms with van der Waals surface area (Å²) >= 11 is 1.44. The smallest absolute Gasteiger partial charge is 0.267 e. The van der Waals surface area contributed by atoms with Gasteiger partial charge in [0.05, 0.1) is 5.56 Å². The number of nitrogens with one attached hydrogen (secondary N) is 1. The molecule has 3 rings (SSSR count).